The summed E-state index contributed by atoms with van der Waals surface area (Å²) in [6.45, 7) is 1.15. The second-order valence-electron chi connectivity index (χ2n) is 7.99. The van der Waals surface area contributed by atoms with Crippen LogP contribution in [0.25, 0.3) is 21.7 Å². The first-order valence-electron chi connectivity index (χ1n) is 10.8. The van der Waals surface area contributed by atoms with Gasteiger partial charge in [-0.2, -0.15) is 0 Å². The average Bonchev–Trinajstić information content (AvgIpc) is 3.25. The van der Waals surface area contributed by atoms with Gasteiger partial charge >= 0.3 is 0 Å². The molecule has 0 saturated carbocycles. The fourth-order valence-electron chi connectivity index (χ4n) is 4.24. The zero-order chi connectivity index (χ0) is 21.9. The molecule has 1 N–H and O–H groups in total. The average molecular weight is 439 g/mol. The van der Waals surface area contributed by atoms with Crippen LogP contribution in [-0.4, -0.2) is 22.3 Å². The Morgan fingerprint density at radius 3 is 2.38 bits per heavy atom. The van der Waals surface area contributed by atoms with Crippen LogP contribution in [0.5, 0.6) is 0 Å². The largest absolute Gasteiger partial charge is 0.361 e. The van der Waals surface area contributed by atoms with Crippen LogP contribution in [0.3, 0.4) is 0 Å². The summed E-state index contributed by atoms with van der Waals surface area (Å²) in [5.41, 5.74) is 4.12. The number of nitrogens with one attached hydrogen (secondary N) is 1. The SMILES string of the molecule is O=C(c1cccc2ccccc12)N(CCc1c[nH]c2ccccc12)Cc1ccc(Cl)cc1. The zero-order valence-corrected chi connectivity index (χ0v) is 18.3. The number of benzene rings is 4. The van der Waals surface area contributed by atoms with Gasteiger partial charge in [0.2, 0.25) is 0 Å². The highest BCUT2D eigenvalue weighted by molar-refractivity contribution is 6.30. The molecule has 1 amide bonds. The number of halogens is 1. The number of nitrogens with zero attached hydrogens (tertiary/aromatic N) is 1. The van der Waals surface area contributed by atoms with E-state index in [0.29, 0.717) is 18.1 Å². The molecule has 0 radical (unpaired) electrons. The summed E-state index contributed by atoms with van der Waals surface area (Å²) in [5, 5.41) is 3.95. The number of aromatic amines is 1. The van der Waals surface area contributed by atoms with Crippen LogP contribution in [0.1, 0.15) is 21.5 Å². The molecule has 5 aromatic rings. The van der Waals surface area contributed by atoms with E-state index < -0.39 is 0 Å². The Bertz CT molecular complexity index is 1380. The lowest BCUT2D eigenvalue weighted by Gasteiger charge is -2.24. The number of H-pyrrole nitrogens is 1. The topological polar surface area (TPSA) is 36.1 Å². The maximum atomic E-state index is 13.7. The van der Waals surface area contributed by atoms with E-state index in [-0.39, 0.29) is 5.91 Å². The third kappa shape index (κ3) is 4.12. The van der Waals surface area contributed by atoms with Gasteiger partial charge in [0.1, 0.15) is 0 Å². The number of para-hydroxylation sites is 1. The summed E-state index contributed by atoms with van der Waals surface area (Å²) in [6, 6.07) is 29.9. The van der Waals surface area contributed by atoms with E-state index in [1.807, 2.05) is 90.0 Å². The molecule has 0 fully saturated rings. The third-order valence-electron chi connectivity index (χ3n) is 5.92. The molecule has 1 aromatic heterocycles. The number of carbonyl (C=O) groups excluding carboxylic acids is 1. The molecule has 158 valence electrons. The van der Waals surface area contributed by atoms with Crippen molar-refractivity contribution in [1.29, 1.82) is 0 Å². The number of rotatable bonds is 6. The van der Waals surface area contributed by atoms with Gasteiger partial charge in [-0.1, -0.05) is 78.3 Å². The van der Waals surface area contributed by atoms with Gasteiger partial charge in [0.25, 0.3) is 5.91 Å². The van der Waals surface area contributed by atoms with Gasteiger partial charge in [0.15, 0.2) is 0 Å². The number of carbonyl (C=O) groups is 1. The molecule has 5 rings (SSSR count). The van der Waals surface area contributed by atoms with E-state index in [2.05, 4.69) is 17.1 Å². The minimum Gasteiger partial charge on any atom is -0.361 e. The normalized spacial score (nSPS) is 11.2. The summed E-state index contributed by atoms with van der Waals surface area (Å²) in [5.74, 6) is 0.0385. The number of amides is 1. The molecule has 0 bridgehead atoms. The monoisotopic (exact) mass is 438 g/mol. The van der Waals surface area contributed by atoms with Gasteiger partial charge in [-0.3, -0.25) is 4.79 Å². The van der Waals surface area contributed by atoms with Gasteiger partial charge in [0.05, 0.1) is 0 Å². The molecular weight excluding hydrogens is 416 g/mol. The van der Waals surface area contributed by atoms with Crippen molar-refractivity contribution in [1.82, 2.24) is 9.88 Å². The Morgan fingerprint density at radius 1 is 0.812 bits per heavy atom. The fraction of sp³-hybridized carbons (Fsp3) is 0.107. The Kier molecular flexibility index (Phi) is 5.66. The fourth-order valence-corrected chi connectivity index (χ4v) is 4.36. The molecule has 0 atom stereocenters. The molecule has 0 saturated heterocycles. The predicted octanol–water partition coefficient (Wildman–Crippen LogP) is 6.86. The van der Waals surface area contributed by atoms with E-state index in [0.717, 1.165) is 33.8 Å². The second kappa shape index (κ2) is 8.89. The summed E-state index contributed by atoms with van der Waals surface area (Å²) < 4.78 is 0. The maximum absolute atomic E-state index is 13.7. The van der Waals surface area contributed by atoms with Crippen LogP contribution < -0.4 is 0 Å². The van der Waals surface area contributed by atoms with Crippen molar-refractivity contribution in [2.75, 3.05) is 6.54 Å². The van der Waals surface area contributed by atoms with Gasteiger partial charge in [-0.25, -0.2) is 0 Å². The Labute approximate surface area is 192 Å². The molecular formula is C28H23ClN2O. The first kappa shape index (κ1) is 20.3. The third-order valence-corrected chi connectivity index (χ3v) is 6.17. The summed E-state index contributed by atoms with van der Waals surface area (Å²) in [6.07, 6.45) is 2.82. The number of fused-ring (bicyclic) bond motifs is 2. The van der Waals surface area contributed by atoms with Gasteiger partial charge in [-0.15, -0.1) is 0 Å². The van der Waals surface area contributed by atoms with Crippen molar-refractivity contribution >= 4 is 39.2 Å². The van der Waals surface area contributed by atoms with E-state index in [1.54, 1.807) is 0 Å². The summed E-state index contributed by atoms with van der Waals surface area (Å²) in [4.78, 5) is 19.0. The molecule has 4 aromatic carbocycles. The standard InChI is InChI=1S/C28H23ClN2O/c29-23-14-12-20(13-15-23)19-31(17-16-22-18-30-27-11-4-3-9-25(22)27)28(32)26-10-5-7-21-6-1-2-8-24(21)26/h1-15,18,30H,16-17,19H2. The minimum absolute atomic E-state index is 0.0385. The first-order chi connectivity index (χ1) is 15.7. The smallest absolute Gasteiger partial charge is 0.254 e. The number of hydrogen-bond acceptors (Lipinski definition) is 1. The van der Waals surface area contributed by atoms with E-state index >= 15 is 0 Å². The number of aromatic nitrogens is 1. The highest BCUT2D eigenvalue weighted by Gasteiger charge is 2.19. The van der Waals surface area contributed by atoms with E-state index in [9.17, 15) is 4.79 Å². The highest BCUT2D eigenvalue weighted by atomic mass is 35.5. The highest BCUT2D eigenvalue weighted by Crippen LogP contribution is 2.23. The Hall–Kier alpha value is -3.56. The van der Waals surface area contributed by atoms with Gasteiger partial charge in [-0.05, 0) is 52.6 Å². The van der Waals surface area contributed by atoms with Crippen molar-refractivity contribution < 1.29 is 4.79 Å². The molecule has 3 nitrogen and oxygen atoms in total. The lowest BCUT2D eigenvalue weighted by molar-refractivity contribution is 0.0747. The zero-order valence-electron chi connectivity index (χ0n) is 17.6. The molecule has 0 aliphatic carbocycles. The molecule has 4 heteroatoms. The van der Waals surface area contributed by atoms with E-state index in [1.165, 1.54) is 10.9 Å². The molecule has 0 unspecified atom stereocenters. The Morgan fingerprint density at radius 2 is 1.53 bits per heavy atom. The summed E-state index contributed by atoms with van der Waals surface area (Å²) in [7, 11) is 0. The summed E-state index contributed by atoms with van der Waals surface area (Å²) >= 11 is 6.07. The lowest BCUT2D eigenvalue weighted by atomic mass is 10.0. The van der Waals surface area contributed by atoms with Crippen LogP contribution in [0.2, 0.25) is 5.02 Å². The van der Waals surface area contributed by atoms with Crippen molar-refractivity contribution in [3.8, 4) is 0 Å². The van der Waals surface area contributed by atoms with Crippen molar-refractivity contribution in [3.05, 3.63) is 119 Å². The maximum Gasteiger partial charge on any atom is 0.254 e. The molecule has 0 spiro atoms. The van der Waals surface area contributed by atoms with Crippen LogP contribution in [0.15, 0.2) is 97.2 Å². The van der Waals surface area contributed by atoms with Crippen molar-refractivity contribution in [3.63, 3.8) is 0 Å². The molecule has 1 heterocycles. The van der Waals surface area contributed by atoms with Crippen molar-refractivity contribution in [2.45, 2.75) is 13.0 Å². The van der Waals surface area contributed by atoms with Crippen LogP contribution in [0, 0.1) is 0 Å². The van der Waals surface area contributed by atoms with E-state index in [4.69, 9.17) is 11.6 Å². The lowest BCUT2D eigenvalue weighted by Crippen LogP contribution is -2.32. The van der Waals surface area contributed by atoms with Crippen molar-refractivity contribution in [2.24, 2.45) is 0 Å². The van der Waals surface area contributed by atoms with Gasteiger partial charge < -0.3 is 9.88 Å². The minimum atomic E-state index is 0.0385. The van der Waals surface area contributed by atoms with Gasteiger partial charge in [0, 0.05) is 40.8 Å². The first-order valence-corrected chi connectivity index (χ1v) is 11.1. The second-order valence-corrected chi connectivity index (χ2v) is 8.43. The number of hydrogen-bond donors (Lipinski definition) is 1. The molecule has 32 heavy (non-hydrogen) atoms. The Balaban J connectivity index is 1.47. The molecule has 0 aliphatic heterocycles. The van der Waals surface area contributed by atoms with Crippen LogP contribution >= 0.6 is 11.6 Å². The predicted molar refractivity (Wildman–Crippen MR) is 132 cm³/mol. The van der Waals surface area contributed by atoms with Crippen LogP contribution in [0.4, 0.5) is 0 Å². The van der Waals surface area contributed by atoms with Crippen LogP contribution in [-0.2, 0) is 13.0 Å². The quantitative estimate of drug-likeness (QED) is 0.309. The molecule has 0 aliphatic rings.